The zero-order valence-corrected chi connectivity index (χ0v) is 6.11. The van der Waals surface area contributed by atoms with E-state index >= 15 is 0 Å². The van der Waals surface area contributed by atoms with Crippen molar-refractivity contribution in [2.75, 3.05) is 0 Å². The maximum Gasteiger partial charge on any atom is 0.298 e. The molecule has 0 amide bonds. The van der Waals surface area contributed by atoms with Crippen molar-refractivity contribution in [3.05, 3.63) is 18.5 Å². The van der Waals surface area contributed by atoms with Crippen LogP contribution in [0, 0.1) is 0 Å². The summed E-state index contributed by atoms with van der Waals surface area (Å²) in [7, 11) is -4.32. The standard InChI is InChI=1S/C5H5NO4S/c7-4-3-6-2-1-5(4)11(8,9)10/h1-3,7H,(H,8,9,10). The molecule has 0 radical (unpaired) electrons. The average molecular weight is 175 g/mol. The largest absolute Gasteiger partial charge is 0.505 e. The van der Waals surface area contributed by atoms with Gasteiger partial charge in [0.2, 0.25) is 0 Å². The number of aromatic nitrogens is 1. The predicted molar refractivity (Wildman–Crippen MR) is 35.7 cm³/mol. The van der Waals surface area contributed by atoms with Gasteiger partial charge in [-0.15, -0.1) is 0 Å². The molecule has 0 aliphatic carbocycles. The van der Waals surface area contributed by atoms with E-state index in [4.69, 9.17) is 9.66 Å². The quantitative estimate of drug-likeness (QED) is 0.588. The van der Waals surface area contributed by atoms with Gasteiger partial charge in [-0.25, -0.2) is 0 Å². The molecule has 0 bridgehead atoms. The van der Waals surface area contributed by atoms with Crippen LogP contribution in [0.25, 0.3) is 0 Å². The molecule has 2 N–H and O–H groups in total. The maximum atomic E-state index is 10.4. The zero-order valence-electron chi connectivity index (χ0n) is 5.30. The smallest absolute Gasteiger partial charge is 0.298 e. The van der Waals surface area contributed by atoms with E-state index in [-0.39, 0.29) is 0 Å². The Kier molecular flexibility index (Phi) is 1.79. The van der Waals surface area contributed by atoms with E-state index in [2.05, 4.69) is 4.98 Å². The second kappa shape index (κ2) is 2.48. The Balaban J connectivity index is 3.37. The summed E-state index contributed by atoms with van der Waals surface area (Å²) in [6.07, 6.45) is 2.09. The van der Waals surface area contributed by atoms with Crippen LogP contribution < -0.4 is 0 Å². The molecule has 60 valence electrons. The summed E-state index contributed by atoms with van der Waals surface area (Å²) in [6.45, 7) is 0. The Hall–Kier alpha value is -1.14. The molecule has 11 heavy (non-hydrogen) atoms. The van der Waals surface area contributed by atoms with Gasteiger partial charge in [0.25, 0.3) is 10.1 Å². The second-order valence-corrected chi connectivity index (χ2v) is 3.21. The Labute approximate surface area is 63.1 Å². The SMILES string of the molecule is O=S(=O)(O)c1ccncc1O. The summed E-state index contributed by atoms with van der Waals surface area (Å²) in [5, 5.41) is 8.84. The first-order valence-electron chi connectivity index (χ1n) is 2.62. The van der Waals surface area contributed by atoms with Crippen LogP contribution in [0.5, 0.6) is 5.75 Å². The van der Waals surface area contributed by atoms with Gasteiger partial charge >= 0.3 is 0 Å². The number of pyridine rings is 1. The minimum atomic E-state index is -4.32. The molecule has 5 nitrogen and oxygen atoms in total. The number of nitrogens with zero attached hydrogens (tertiary/aromatic N) is 1. The van der Waals surface area contributed by atoms with Crippen LogP contribution in [0.4, 0.5) is 0 Å². The molecule has 0 saturated heterocycles. The first-order valence-corrected chi connectivity index (χ1v) is 4.06. The van der Waals surface area contributed by atoms with Gasteiger partial charge < -0.3 is 5.11 Å². The lowest BCUT2D eigenvalue weighted by molar-refractivity contribution is 0.441. The van der Waals surface area contributed by atoms with Gasteiger partial charge in [0, 0.05) is 6.20 Å². The predicted octanol–water partition coefficient (Wildman–Crippen LogP) is 0.0339. The normalized spacial score (nSPS) is 11.4. The molecule has 1 aromatic heterocycles. The summed E-state index contributed by atoms with van der Waals surface area (Å²) < 4.78 is 29.3. The number of aromatic hydroxyl groups is 1. The van der Waals surface area contributed by atoms with Gasteiger partial charge in [-0.2, -0.15) is 8.42 Å². The van der Waals surface area contributed by atoms with Crippen molar-refractivity contribution in [1.29, 1.82) is 0 Å². The molecule has 0 atom stereocenters. The fraction of sp³-hybridized carbons (Fsp3) is 0. The highest BCUT2D eigenvalue weighted by Crippen LogP contribution is 2.18. The number of rotatable bonds is 1. The third-order valence-electron chi connectivity index (χ3n) is 1.04. The number of hydrogen-bond donors (Lipinski definition) is 2. The molecular formula is C5H5NO4S. The molecule has 0 aliphatic rings. The summed E-state index contributed by atoms with van der Waals surface area (Å²) >= 11 is 0. The van der Waals surface area contributed by atoms with Crippen molar-refractivity contribution in [3.63, 3.8) is 0 Å². The topological polar surface area (TPSA) is 87.5 Å². The molecule has 1 rings (SSSR count). The molecule has 0 spiro atoms. The van der Waals surface area contributed by atoms with Crippen molar-refractivity contribution < 1.29 is 18.1 Å². The van der Waals surface area contributed by atoms with Gasteiger partial charge in [-0.1, -0.05) is 0 Å². The van der Waals surface area contributed by atoms with Crippen molar-refractivity contribution in [3.8, 4) is 5.75 Å². The molecule has 0 saturated carbocycles. The van der Waals surface area contributed by atoms with Gasteiger partial charge in [-0.05, 0) is 6.07 Å². The van der Waals surface area contributed by atoms with Crippen LogP contribution in [0.15, 0.2) is 23.4 Å². The molecular weight excluding hydrogens is 170 g/mol. The van der Waals surface area contributed by atoms with Crippen LogP contribution >= 0.6 is 0 Å². The van der Waals surface area contributed by atoms with E-state index < -0.39 is 20.8 Å². The van der Waals surface area contributed by atoms with Gasteiger partial charge in [-0.3, -0.25) is 9.54 Å². The molecule has 0 aliphatic heterocycles. The van der Waals surface area contributed by atoms with E-state index in [0.29, 0.717) is 0 Å². The second-order valence-electron chi connectivity index (χ2n) is 1.82. The van der Waals surface area contributed by atoms with Crippen molar-refractivity contribution in [2.24, 2.45) is 0 Å². The first kappa shape index (κ1) is 7.96. The van der Waals surface area contributed by atoms with Crippen molar-refractivity contribution >= 4 is 10.1 Å². The van der Waals surface area contributed by atoms with Crippen LogP contribution in [0.2, 0.25) is 0 Å². The minimum Gasteiger partial charge on any atom is -0.505 e. The van der Waals surface area contributed by atoms with Gasteiger partial charge in [0.1, 0.15) is 4.90 Å². The van der Waals surface area contributed by atoms with E-state index in [1.807, 2.05) is 0 Å². The average Bonchev–Trinajstić information content (AvgIpc) is 1.86. The van der Waals surface area contributed by atoms with Crippen LogP contribution in [-0.2, 0) is 10.1 Å². The minimum absolute atomic E-state index is 0.535. The highest BCUT2D eigenvalue weighted by molar-refractivity contribution is 7.86. The maximum absolute atomic E-state index is 10.4. The molecule has 0 aromatic carbocycles. The fourth-order valence-electron chi connectivity index (χ4n) is 0.591. The fourth-order valence-corrected chi connectivity index (χ4v) is 1.14. The van der Waals surface area contributed by atoms with Crippen LogP contribution in [-0.4, -0.2) is 23.1 Å². The third-order valence-corrected chi connectivity index (χ3v) is 1.94. The van der Waals surface area contributed by atoms with E-state index in [1.54, 1.807) is 0 Å². The van der Waals surface area contributed by atoms with E-state index in [1.165, 1.54) is 0 Å². The Bertz CT molecular complexity index is 359. The number of hydrogen-bond acceptors (Lipinski definition) is 4. The Morgan fingerprint density at radius 2 is 2.09 bits per heavy atom. The lowest BCUT2D eigenvalue weighted by Crippen LogP contribution is -1.98. The highest BCUT2D eigenvalue weighted by Gasteiger charge is 2.13. The molecule has 0 fully saturated rings. The summed E-state index contributed by atoms with van der Waals surface area (Å²) in [4.78, 5) is 2.90. The van der Waals surface area contributed by atoms with Crippen molar-refractivity contribution in [1.82, 2.24) is 4.98 Å². The Morgan fingerprint density at radius 1 is 1.45 bits per heavy atom. The van der Waals surface area contributed by atoms with Crippen molar-refractivity contribution in [2.45, 2.75) is 4.90 Å². The summed E-state index contributed by atoms with van der Waals surface area (Å²) in [5.74, 6) is -0.560. The molecule has 1 heterocycles. The van der Waals surface area contributed by atoms with Crippen LogP contribution in [0.1, 0.15) is 0 Å². The third kappa shape index (κ3) is 1.66. The molecule has 0 unspecified atom stereocenters. The van der Waals surface area contributed by atoms with E-state index in [0.717, 1.165) is 18.5 Å². The highest BCUT2D eigenvalue weighted by atomic mass is 32.2. The summed E-state index contributed by atoms with van der Waals surface area (Å²) in [5.41, 5.74) is 0. The summed E-state index contributed by atoms with van der Waals surface area (Å²) in [6, 6.07) is 1.00. The lowest BCUT2D eigenvalue weighted by Gasteiger charge is -1.97. The van der Waals surface area contributed by atoms with Crippen LogP contribution in [0.3, 0.4) is 0 Å². The lowest BCUT2D eigenvalue weighted by atomic mass is 10.5. The van der Waals surface area contributed by atoms with Gasteiger partial charge in [0.05, 0.1) is 6.20 Å². The molecule has 1 aromatic rings. The van der Waals surface area contributed by atoms with Gasteiger partial charge in [0.15, 0.2) is 5.75 Å². The van der Waals surface area contributed by atoms with E-state index in [9.17, 15) is 8.42 Å². The monoisotopic (exact) mass is 175 g/mol. The molecule has 6 heteroatoms. The first-order chi connectivity index (χ1) is 5.02. The Morgan fingerprint density at radius 3 is 2.45 bits per heavy atom. The zero-order chi connectivity index (χ0) is 8.48.